The lowest BCUT2D eigenvalue weighted by Crippen LogP contribution is -2.21. The van der Waals surface area contributed by atoms with Crippen LogP contribution in [0.3, 0.4) is 0 Å². The van der Waals surface area contributed by atoms with E-state index in [-0.39, 0.29) is 24.1 Å². The van der Waals surface area contributed by atoms with Crippen LogP contribution in [0.2, 0.25) is 0 Å². The first-order valence-corrected chi connectivity index (χ1v) is 6.95. The molecule has 0 spiro atoms. The minimum atomic E-state index is -0.577. The molecule has 0 aliphatic heterocycles. The number of nitrogens with zero attached hydrogens (tertiary/aromatic N) is 2. The Balaban J connectivity index is 0.00000312. The number of hydrogen-bond acceptors (Lipinski definition) is 5. The second-order valence-electron chi connectivity index (χ2n) is 5.14. The summed E-state index contributed by atoms with van der Waals surface area (Å²) >= 11 is 0. The summed E-state index contributed by atoms with van der Waals surface area (Å²) in [7, 11) is 0. The maximum absolute atomic E-state index is 12.2. The van der Waals surface area contributed by atoms with Gasteiger partial charge in [-0.1, -0.05) is 0 Å². The average Bonchev–Trinajstić information content (AvgIpc) is 2.50. The standard InChI is InChI=1S/C16H16N4O4.ClH/c1-9-7-13(20(22)23)8-10(2)14(9)24-15(21)11-3-5-12(6-4-11)19-16(17)18;/h3-8H,1-2H3,(H4,17,18,19);1H. The van der Waals surface area contributed by atoms with Gasteiger partial charge in [0.25, 0.3) is 5.69 Å². The third kappa shape index (κ3) is 4.92. The number of benzene rings is 2. The third-order valence-electron chi connectivity index (χ3n) is 3.21. The molecule has 4 N–H and O–H groups in total. The van der Waals surface area contributed by atoms with Gasteiger partial charge in [0.2, 0.25) is 0 Å². The van der Waals surface area contributed by atoms with Crippen LogP contribution in [0.1, 0.15) is 21.5 Å². The fourth-order valence-corrected chi connectivity index (χ4v) is 2.17. The fraction of sp³-hybridized carbons (Fsp3) is 0.125. The number of aryl methyl sites for hydroxylation is 2. The second kappa shape index (κ2) is 8.11. The quantitative estimate of drug-likeness (QED) is 0.214. The highest BCUT2D eigenvalue weighted by Gasteiger charge is 2.16. The number of ether oxygens (including phenoxy) is 1. The number of esters is 1. The van der Waals surface area contributed by atoms with E-state index in [2.05, 4.69) is 4.99 Å². The monoisotopic (exact) mass is 364 g/mol. The number of nitrogens with two attached hydrogens (primary N) is 2. The minimum absolute atomic E-state index is 0. The van der Waals surface area contributed by atoms with Gasteiger partial charge in [0, 0.05) is 12.1 Å². The first kappa shape index (κ1) is 19.9. The van der Waals surface area contributed by atoms with Crippen LogP contribution >= 0.6 is 12.4 Å². The number of nitro groups is 1. The number of non-ortho nitro benzene ring substituents is 1. The van der Waals surface area contributed by atoms with E-state index in [1.165, 1.54) is 24.3 Å². The molecule has 25 heavy (non-hydrogen) atoms. The zero-order valence-corrected chi connectivity index (χ0v) is 14.4. The number of carbonyl (C=O) groups excluding carboxylic acids is 1. The summed E-state index contributed by atoms with van der Waals surface area (Å²) in [6.45, 7) is 3.29. The molecule has 0 aliphatic carbocycles. The van der Waals surface area contributed by atoms with Crippen LogP contribution in [-0.4, -0.2) is 16.9 Å². The van der Waals surface area contributed by atoms with Crippen molar-refractivity contribution in [1.82, 2.24) is 0 Å². The molecule has 132 valence electrons. The number of nitro benzene ring substituents is 1. The Bertz CT molecular complexity index is 808. The van der Waals surface area contributed by atoms with E-state index in [4.69, 9.17) is 16.2 Å². The Morgan fingerprint density at radius 3 is 2.08 bits per heavy atom. The van der Waals surface area contributed by atoms with E-state index in [1.807, 2.05) is 0 Å². The van der Waals surface area contributed by atoms with Gasteiger partial charge < -0.3 is 16.2 Å². The molecule has 0 bridgehead atoms. The molecule has 0 atom stereocenters. The zero-order chi connectivity index (χ0) is 17.9. The first-order valence-electron chi connectivity index (χ1n) is 6.95. The Labute approximate surface area is 150 Å². The van der Waals surface area contributed by atoms with Crippen molar-refractivity contribution in [3.63, 3.8) is 0 Å². The highest BCUT2D eigenvalue weighted by molar-refractivity contribution is 5.92. The van der Waals surface area contributed by atoms with E-state index < -0.39 is 10.9 Å². The molecule has 8 nitrogen and oxygen atoms in total. The van der Waals surface area contributed by atoms with Gasteiger partial charge in [-0.05, 0) is 49.2 Å². The lowest BCUT2D eigenvalue weighted by atomic mass is 10.1. The van der Waals surface area contributed by atoms with Crippen molar-refractivity contribution in [3.05, 3.63) is 63.2 Å². The van der Waals surface area contributed by atoms with E-state index in [0.717, 1.165) is 0 Å². The molecule has 0 radical (unpaired) electrons. The Morgan fingerprint density at radius 1 is 1.12 bits per heavy atom. The van der Waals surface area contributed by atoms with Crippen molar-refractivity contribution in [2.45, 2.75) is 13.8 Å². The Hall–Kier alpha value is -3.13. The second-order valence-corrected chi connectivity index (χ2v) is 5.14. The van der Waals surface area contributed by atoms with Crippen molar-refractivity contribution in [1.29, 1.82) is 0 Å². The highest BCUT2D eigenvalue weighted by atomic mass is 35.5. The Morgan fingerprint density at radius 2 is 1.64 bits per heavy atom. The molecule has 0 heterocycles. The molecule has 0 aliphatic rings. The topological polar surface area (TPSA) is 134 Å². The SMILES string of the molecule is Cc1cc([N+](=O)[O-])cc(C)c1OC(=O)c1ccc(N=C(N)N)cc1.Cl. The predicted molar refractivity (Wildman–Crippen MR) is 96.7 cm³/mol. The van der Waals surface area contributed by atoms with Gasteiger partial charge in [-0.15, -0.1) is 12.4 Å². The van der Waals surface area contributed by atoms with E-state index in [1.54, 1.807) is 26.0 Å². The summed E-state index contributed by atoms with van der Waals surface area (Å²) in [5.74, 6) is -0.354. The number of aliphatic imine (C=N–C) groups is 1. The van der Waals surface area contributed by atoms with Crippen LogP contribution in [-0.2, 0) is 0 Å². The van der Waals surface area contributed by atoms with Crippen molar-refractivity contribution < 1.29 is 14.5 Å². The third-order valence-corrected chi connectivity index (χ3v) is 3.21. The molecule has 0 fully saturated rings. The molecule has 0 unspecified atom stereocenters. The van der Waals surface area contributed by atoms with Crippen molar-refractivity contribution in [2.75, 3.05) is 0 Å². The maximum Gasteiger partial charge on any atom is 0.343 e. The number of carbonyl (C=O) groups is 1. The summed E-state index contributed by atoms with van der Waals surface area (Å²) in [4.78, 5) is 26.4. The van der Waals surface area contributed by atoms with E-state index in [0.29, 0.717) is 28.1 Å². The average molecular weight is 365 g/mol. The van der Waals surface area contributed by atoms with Gasteiger partial charge in [0.15, 0.2) is 5.96 Å². The number of halogens is 1. The molecule has 0 aromatic heterocycles. The van der Waals surface area contributed by atoms with Crippen LogP contribution < -0.4 is 16.2 Å². The van der Waals surface area contributed by atoms with E-state index in [9.17, 15) is 14.9 Å². The Kier molecular flexibility index (Phi) is 6.46. The smallest absolute Gasteiger partial charge is 0.343 e. The van der Waals surface area contributed by atoms with Crippen molar-refractivity contribution in [2.24, 2.45) is 16.5 Å². The molecule has 2 aromatic carbocycles. The molecule has 0 saturated carbocycles. The maximum atomic E-state index is 12.2. The largest absolute Gasteiger partial charge is 0.422 e. The summed E-state index contributed by atoms with van der Waals surface area (Å²) in [5.41, 5.74) is 12.3. The number of guanidine groups is 1. The minimum Gasteiger partial charge on any atom is -0.422 e. The predicted octanol–water partition coefficient (Wildman–Crippen LogP) is 2.76. The fourth-order valence-electron chi connectivity index (χ4n) is 2.17. The number of hydrogen-bond donors (Lipinski definition) is 2. The highest BCUT2D eigenvalue weighted by Crippen LogP contribution is 2.29. The lowest BCUT2D eigenvalue weighted by Gasteiger charge is -2.10. The van der Waals surface area contributed by atoms with Crippen molar-refractivity contribution >= 4 is 35.7 Å². The summed E-state index contributed by atoms with van der Waals surface area (Å²) in [6, 6.07) is 8.92. The lowest BCUT2D eigenvalue weighted by molar-refractivity contribution is -0.385. The first-order chi connectivity index (χ1) is 11.3. The summed E-state index contributed by atoms with van der Waals surface area (Å²) < 4.78 is 5.37. The molecular weight excluding hydrogens is 348 g/mol. The normalized spacial score (nSPS) is 9.68. The molecular formula is C16H17ClN4O4. The summed E-state index contributed by atoms with van der Waals surface area (Å²) in [6.07, 6.45) is 0. The molecule has 0 amide bonds. The van der Waals surface area contributed by atoms with Gasteiger partial charge in [0.1, 0.15) is 5.75 Å². The van der Waals surface area contributed by atoms with Crippen LogP contribution in [0.15, 0.2) is 41.4 Å². The van der Waals surface area contributed by atoms with Gasteiger partial charge in [0.05, 0.1) is 16.2 Å². The van der Waals surface area contributed by atoms with Gasteiger partial charge in [-0.2, -0.15) is 0 Å². The molecule has 9 heteroatoms. The van der Waals surface area contributed by atoms with Crippen LogP contribution in [0.25, 0.3) is 0 Å². The molecule has 0 saturated heterocycles. The summed E-state index contributed by atoms with van der Waals surface area (Å²) in [5, 5.41) is 10.8. The molecule has 2 aromatic rings. The van der Waals surface area contributed by atoms with Crippen LogP contribution in [0.4, 0.5) is 11.4 Å². The van der Waals surface area contributed by atoms with Gasteiger partial charge in [-0.25, -0.2) is 9.79 Å². The van der Waals surface area contributed by atoms with Gasteiger partial charge in [-0.3, -0.25) is 10.1 Å². The number of rotatable bonds is 4. The van der Waals surface area contributed by atoms with E-state index >= 15 is 0 Å². The zero-order valence-electron chi connectivity index (χ0n) is 13.6. The van der Waals surface area contributed by atoms with Gasteiger partial charge >= 0.3 is 5.97 Å². The van der Waals surface area contributed by atoms with Crippen LogP contribution in [0.5, 0.6) is 5.75 Å². The van der Waals surface area contributed by atoms with Crippen LogP contribution in [0, 0.1) is 24.0 Å². The molecule has 2 rings (SSSR count). The van der Waals surface area contributed by atoms with Crippen molar-refractivity contribution in [3.8, 4) is 5.75 Å².